The number of nitrogens with two attached hydrogens (primary N) is 1. The monoisotopic (exact) mass is 212 g/mol. The van der Waals surface area contributed by atoms with Crippen LogP contribution in [0.2, 0.25) is 0 Å². The van der Waals surface area contributed by atoms with Crippen LogP contribution in [0, 0.1) is 6.92 Å². The second-order valence-corrected chi connectivity index (χ2v) is 3.18. The molecule has 0 fully saturated rings. The number of pyridine rings is 1. The first-order valence-corrected chi connectivity index (χ1v) is 4.60. The van der Waals surface area contributed by atoms with Gasteiger partial charge >= 0.3 is 0 Å². The summed E-state index contributed by atoms with van der Waals surface area (Å²) in [5, 5.41) is 9.03. The average molecular weight is 212 g/mol. The summed E-state index contributed by atoms with van der Waals surface area (Å²) in [7, 11) is 3.05. The number of methoxy groups -OCH3 is 2. The van der Waals surface area contributed by atoms with E-state index >= 15 is 0 Å². The molecule has 0 aliphatic carbocycles. The summed E-state index contributed by atoms with van der Waals surface area (Å²) in [4.78, 5) is 4.18. The van der Waals surface area contributed by atoms with E-state index in [9.17, 15) is 0 Å². The Kier molecular flexibility index (Phi) is 3.88. The molecule has 1 unspecified atom stereocenters. The minimum atomic E-state index is -0.553. The van der Waals surface area contributed by atoms with Crippen molar-refractivity contribution in [2.24, 2.45) is 5.73 Å². The molecule has 1 heterocycles. The molecule has 5 nitrogen and oxygen atoms in total. The lowest BCUT2D eigenvalue weighted by atomic mass is 10.1. The van der Waals surface area contributed by atoms with Crippen LogP contribution in [-0.4, -0.2) is 30.9 Å². The molecule has 0 saturated heterocycles. The molecule has 84 valence electrons. The second kappa shape index (κ2) is 4.95. The predicted octanol–water partition coefficient (Wildman–Crippen LogP) is 0.399. The summed E-state index contributed by atoms with van der Waals surface area (Å²) in [5.74, 6) is 0.981. The highest BCUT2D eigenvalue weighted by molar-refractivity contribution is 5.44. The third kappa shape index (κ3) is 2.37. The molecule has 1 rings (SSSR count). The van der Waals surface area contributed by atoms with Gasteiger partial charge in [-0.3, -0.25) is 0 Å². The van der Waals surface area contributed by atoms with Crippen LogP contribution in [0.25, 0.3) is 0 Å². The molecule has 0 amide bonds. The molecule has 0 radical (unpaired) electrons. The second-order valence-electron chi connectivity index (χ2n) is 3.18. The fraction of sp³-hybridized carbons (Fsp3) is 0.500. The smallest absolute Gasteiger partial charge is 0.221 e. The van der Waals surface area contributed by atoms with Crippen LogP contribution in [0.15, 0.2) is 6.07 Å². The van der Waals surface area contributed by atoms with Gasteiger partial charge < -0.3 is 20.3 Å². The molecule has 1 atom stereocenters. The number of aliphatic hydroxyl groups is 1. The van der Waals surface area contributed by atoms with Crippen molar-refractivity contribution in [3.63, 3.8) is 0 Å². The van der Waals surface area contributed by atoms with E-state index in [1.165, 1.54) is 7.11 Å². The first kappa shape index (κ1) is 11.7. The Labute approximate surface area is 88.8 Å². The molecule has 0 spiro atoms. The first-order valence-electron chi connectivity index (χ1n) is 4.60. The predicted molar refractivity (Wildman–Crippen MR) is 56.1 cm³/mol. The maximum Gasteiger partial charge on any atom is 0.221 e. The molecular formula is C10H16N2O3. The van der Waals surface area contributed by atoms with Gasteiger partial charge in [-0.15, -0.1) is 0 Å². The van der Waals surface area contributed by atoms with Crippen molar-refractivity contribution in [3.05, 3.63) is 17.3 Å². The molecule has 15 heavy (non-hydrogen) atoms. The van der Waals surface area contributed by atoms with Crippen LogP contribution in [-0.2, 0) is 0 Å². The van der Waals surface area contributed by atoms with Gasteiger partial charge in [0.2, 0.25) is 5.88 Å². The summed E-state index contributed by atoms with van der Waals surface area (Å²) in [5.41, 5.74) is 7.11. The Morgan fingerprint density at radius 2 is 2.13 bits per heavy atom. The molecule has 1 aromatic heterocycles. The van der Waals surface area contributed by atoms with Gasteiger partial charge in [0.05, 0.1) is 32.4 Å². The van der Waals surface area contributed by atoms with Crippen LogP contribution in [0.3, 0.4) is 0 Å². The normalized spacial score (nSPS) is 12.3. The summed E-state index contributed by atoms with van der Waals surface area (Å²) in [6, 6.07) is 1.20. The van der Waals surface area contributed by atoms with Crippen LogP contribution in [0.5, 0.6) is 11.6 Å². The van der Waals surface area contributed by atoms with Gasteiger partial charge in [-0.2, -0.15) is 0 Å². The van der Waals surface area contributed by atoms with Gasteiger partial charge in [0.1, 0.15) is 5.75 Å². The van der Waals surface area contributed by atoms with Crippen molar-refractivity contribution >= 4 is 0 Å². The number of aliphatic hydroxyl groups excluding tert-OH is 1. The van der Waals surface area contributed by atoms with E-state index in [-0.39, 0.29) is 6.61 Å². The highest BCUT2D eigenvalue weighted by Crippen LogP contribution is 2.31. The lowest BCUT2D eigenvalue weighted by molar-refractivity contribution is 0.259. The molecule has 0 aliphatic heterocycles. The Hall–Kier alpha value is -1.33. The van der Waals surface area contributed by atoms with Gasteiger partial charge in [0.25, 0.3) is 0 Å². The SMILES string of the molecule is COc1cc(C)nc(OC)c1C(N)CO. The van der Waals surface area contributed by atoms with E-state index in [1.807, 2.05) is 6.92 Å². The third-order valence-corrected chi connectivity index (χ3v) is 2.09. The van der Waals surface area contributed by atoms with E-state index in [1.54, 1.807) is 13.2 Å². The Balaban J connectivity index is 3.30. The third-order valence-electron chi connectivity index (χ3n) is 2.09. The number of ether oxygens (including phenoxy) is 2. The Morgan fingerprint density at radius 3 is 2.60 bits per heavy atom. The largest absolute Gasteiger partial charge is 0.496 e. The van der Waals surface area contributed by atoms with Gasteiger partial charge in [0.15, 0.2) is 0 Å². The minimum absolute atomic E-state index is 0.183. The average Bonchev–Trinajstić information content (AvgIpc) is 2.26. The van der Waals surface area contributed by atoms with Crippen LogP contribution in [0.4, 0.5) is 0 Å². The molecule has 0 bridgehead atoms. The number of hydrogen-bond acceptors (Lipinski definition) is 5. The lowest BCUT2D eigenvalue weighted by Crippen LogP contribution is -2.17. The van der Waals surface area contributed by atoms with Gasteiger partial charge in [-0.25, -0.2) is 4.98 Å². The zero-order chi connectivity index (χ0) is 11.4. The van der Waals surface area contributed by atoms with Crippen molar-refractivity contribution in [2.75, 3.05) is 20.8 Å². The van der Waals surface area contributed by atoms with E-state index in [4.69, 9.17) is 20.3 Å². The molecule has 0 aromatic carbocycles. The van der Waals surface area contributed by atoms with Crippen molar-refractivity contribution in [1.82, 2.24) is 4.98 Å². The topological polar surface area (TPSA) is 77.6 Å². The van der Waals surface area contributed by atoms with Crippen molar-refractivity contribution in [3.8, 4) is 11.6 Å². The quantitative estimate of drug-likeness (QED) is 0.755. The zero-order valence-corrected chi connectivity index (χ0v) is 9.15. The summed E-state index contributed by atoms with van der Waals surface area (Å²) < 4.78 is 10.3. The summed E-state index contributed by atoms with van der Waals surface area (Å²) in [6.45, 7) is 1.65. The Bertz CT molecular complexity index is 316. The molecule has 0 saturated carbocycles. The molecule has 5 heteroatoms. The zero-order valence-electron chi connectivity index (χ0n) is 9.15. The van der Waals surface area contributed by atoms with Crippen molar-refractivity contribution < 1.29 is 14.6 Å². The van der Waals surface area contributed by atoms with E-state index in [2.05, 4.69) is 4.98 Å². The van der Waals surface area contributed by atoms with Gasteiger partial charge in [-0.1, -0.05) is 0 Å². The summed E-state index contributed by atoms with van der Waals surface area (Å²) in [6.07, 6.45) is 0. The van der Waals surface area contributed by atoms with E-state index < -0.39 is 6.04 Å². The Morgan fingerprint density at radius 1 is 1.47 bits per heavy atom. The molecule has 1 aromatic rings. The maximum absolute atomic E-state index is 9.03. The molecular weight excluding hydrogens is 196 g/mol. The van der Waals surface area contributed by atoms with Crippen LogP contribution >= 0.6 is 0 Å². The van der Waals surface area contributed by atoms with Crippen molar-refractivity contribution in [2.45, 2.75) is 13.0 Å². The number of hydrogen-bond donors (Lipinski definition) is 2. The summed E-state index contributed by atoms with van der Waals surface area (Å²) >= 11 is 0. The van der Waals surface area contributed by atoms with Gasteiger partial charge in [-0.05, 0) is 6.92 Å². The number of aromatic nitrogens is 1. The van der Waals surface area contributed by atoms with Crippen molar-refractivity contribution in [1.29, 1.82) is 0 Å². The number of aryl methyl sites for hydroxylation is 1. The maximum atomic E-state index is 9.03. The van der Waals surface area contributed by atoms with Crippen LogP contribution in [0.1, 0.15) is 17.3 Å². The fourth-order valence-corrected chi connectivity index (χ4v) is 1.38. The number of nitrogens with zero attached hydrogens (tertiary/aromatic N) is 1. The molecule has 3 N–H and O–H groups in total. The first-order chi connectivity index (χ1) is 7.13. The van der Waals surface area contributed by atoms with E-state index in [0.717, 1.165) is 5.69 Å². The minimum Gasteiger partial charge on any atom is -0.496 e. The van der Waals surface area contributed by atoms with Gasteiger partial charge in [0, 0.05) is 11.8 Å². The lowest BCUT2D eigenvalue weighted by Gasteiger charge is -2.16. The van der Waals surface area contributed by atoms with Crippen LogP contribution < -0.4 is 15.2 Å². The highest BCUT2D eigenvalue weighted by atomic mass is 16.5. The van der Waals surface area contributed by atoms with E-state index in [0.29, 0.717) is 17.2 Å². The number of rotatable bonds is 4. The highest BCUT2D eigenvalue weighted by Gasteiger charge is 2.18. The standard InChI is InChI=1S/C10H16N2O3/c1-6-4-8(14-2)9(7(11)5-13)10(12-6)15-3/h4,7,13H,5,11H2,1-3H3. The molecule has 0 aliphatic rings. The fourth-order valence-electron chi connectivity index (χ4n) is 1.38.